The predicted octanol–water partition coefficient (Wildman–Crippen LogP) is 0.274. The van der Waals surface area contributed by atoms with E-state index in [-0.39, 0.29) is 11.2 Å². The van der Waals surface area contributed by atoms with Crippen LogP contribution in [0.4, 0.5) is 5.82 Å². The van der Waals surface area contributed by atoms with Crippen LogP contribution in [0.3, 0.4) is 0 Å². The lowest BCUT2D eigenvalue weighted by Gasteiger charge is -2.21. The van der Waals surface area contributed by atoms with Crippen LogP contribution in [0.25, 0.3) is 0 Å². The largest absolute Gasteiger partial charge is 0.356 e. The van der Waals surface area contributed by atoms with Gasteiger partial charge in [0.05, 0.1) is 0 Å². The molecule has 130 valence electrons. The SMILES string of the molecule is CCn1ccc(CN[C@@H]2CCN(c3cc(=O)n(C)c(=O)n3C)C2)c1. The predicted molar refractivity (Wildman–Crippen MR) is 94.5 cm³/mol. The Bertz CT molecular complexity index is 832. The summed E-state index contributed by atoms with van der Waals surface area (Å²) in [5.74, 6) is 0.699. The van der Waals surface area contributed by atoms with E-state index < -0.39 is 0 Å². The second-order valence-corrected chi connectivity index (χ2v) is 6.40. The summed E-state index contributed by atoms with van der Waals surface area (Å²) in [4.78, 5) is 26.1. The minimum atomic E-state index is -0.283. The Morgan fingerprint density at radius 3 is 2.75 bits per heavy atom. The van der Waals surface area contributed by atoms with Crippen molar-refractivity contribution in [3.05, 3.63) is 50.9 Å². The maximum Gasteiger partial charge on any atom is 0.332 e. The fourth-order valence-corrected chi connectivity index (χ4v) is 3.21. The number of aryl methyl sites for hydroxylation is 1. The highest BCUT2D eigenvalue weighted by Crippen LogP contribution is 2.17. The van der Waals surface area contributed by atoms with Crippen molar-refractivity contribution in [2.75, 3.05) is 18.0 Å². The summed E-state index contributed by atoms with van der Waals surface area (Å²) >= 11 is 0. The van der Waals surface area contributed by atoms with Gasteiger partial charge in [0.25, 0.3) is 5.56 Å². The second-order valence-electron chi connectivity index (χ2n) is 6.40. The van der Waals surface area contributed by atoms with Crippen LogP contribution >= 0.6 is 0 Å². The molecule has 0 aliphatic carbocycles. The summed E-state index contributed by atoms with van der Waals surface area (Å²) in [6.07, 6.45) is 5.25. The van der Waals surface area contributed by atoms with Gasteiger partial charge in [-0.15, -0.1) is 0 Å². The van der Waals surface area contributed by atoms with Crippen molar-refractivity contribution < 1.29 is 0 Å². The van der Waals surface area contributed by atoms with Gasteiger partial charge in [-0.3, -0.25) is 13.9 Å². The Balaban J connectivity index is 1.65. The van der Waals surface area contributed by atoms with E-state index in [0.717, 1.165) is 37.2 Å². The van der Waals surface area contributed by atoms with E-state index in [1.165, 1.54) is 12.6 Å². The molecule has 7 nitrogen and oxygen atoms in total. The zero-order chi connectivity index (χ0) is 17.3. The van der Waals surface area contributed by atoms with Crippen LogP contribution in [0.2, 0.25) is 0 Å². The fraction of sp³-hybridized carbons (Fsp3) is 0.529. The molecule has 1 fully saturated rings. The molecular weight excluding hydrogens is 306 g/mol. The molecule has 0 aromatic carbocycles. The first kappa shape index (κ1) is 16.6. The number of anilines is 1. The number of nitrogens with zero attached hydrogens (tertiary/aromatic N) is 4. The van der Waals surface area contributed by atoms with Crippen LogP contribution in [0.15, 0.2) is 34.1 Å². The smallest absolute Gasteiger partial charge is 0.332 e. The topological polar surface area (TPSA) is 64.2 Å². The number of rotatable bonds is 5. The maximum absolute atomic E-state index is 12.1. The van der Waals surface area contributed by atoms with Crippen molar-refractivity contribution in [3.63, 3.8) is 0 Å². The molecule has 2 aromatic rings. The Morgan fingerprint density at radius 1 is 1.25 bits per heavy atom. The first-order valence-corrected chi connectivity index (χ1v) is 8.39. The molecule has 24 heavy (non-hydrogen) atoms. The number of hydrogen-bond acceptors (Lipinski definition) is 4. The fourth-order valence-electron chi connectivity index (χ4n) is 3.21. The molecule has 2 aromatic heterocycles. The van der Waals surface area contributed by atoms with Gasteiger partial charge in [0.15, 0.2) is 0 Å². The lowest BCUT2D eigenvalue weighted by molar-refractivity contribution is 0.549. The summed E-state index contributed by atoms with van der Waals surface area (Å²) in [6, 6.07) is 4.04. The first-order chi connectivity index (χ1) is 11.5. The molecule has 1 aliphatic rings. The van der Waals surface area contributed by atoms with Gasteiger partial charge in [-0.2, -0.15) is 0 Å². The average molecular weight is 331 g/mol. The number of hydrogen-bond donors (Lipinski definition) is 1. The molecular formula is C17H25N5O2. The molecule has 0 saturated carbocycles. The quantitative estimate of drug-likeness (QED) is 0.854. The van der Waals surface area contributed by atoms with Gasteiger partial charge in [0.2, 0.25) is 0 Å². The van der Waals surface area contributed by atoms with E-state index in [0.29, 0.717) is 11.9 Å². The standard InChI is InChI=1S/C17H25N5O2/c1-4-21-7-5-13(11-21)10-18-14-6-8-22(12-14)15-9-16(23)20(3)17(24)19(15)2/h5,7,9,11,14,18H,4,6,8,10,12H2,1-3H3/t14-/m1/s1. The third-order valence-electron chi connectivity index (χ3n) is 4.78. The van der Waals surface area contributed by atoms with Crippen LogP contribution < -0.4 is 21.5 Å². The molecule has 1 atom stereocenters. The van der Waals surface area contributed by atoms with E-state index in [2.05, 4.69) is 40.2 Å². The summed E-state index contributed by atoms with van der Waals surface area (Å²) in [6.45, 7) is 5.58. The Kier molecular flexibility index (Phi) is 4.62. The van der Waals surface area contributed by atoms with E-state index in [1.54, 1.807) is 17.7 Å². The molecule has 3 heterocycles. The summed E-state index contributed by atoms with van der Waals surface area (Å²) in [7, 11) is 3.22. The van der Waals surface area contributed by atoms with Crippen molar-refractivity contribution in [1.29, 1.82) is 0 Å². The lowest BCUT2D eigenvalue weighted by Crippen LogP contribution is -2.40. The van der Waals surface area contributed by atoms with Gasteiger partial charge in [0.1, 0.15) is 5.82 Å². The van der Waals surface area contributed by atoms with Crippen LogP contribution in [-0.2, 0) is 27.2 Å². The summed E-state index contributed by atoms with van der Waals surface area (Å²) in [5.41, 5.74) is 0.733. The zero-order valence-electron chi connectivity index (χ0n) is 14.5. The molecule has 0 spiro atoms. The van der Waals surface area contributed by atoms with Crippen LogP contribution in [0, 0.1) is 0 Å². The van der Waals surface area contributed by atoms with Gasteiger partial charge in [0, 0.05) is 64.8 Å². The monoisotopic (exact) mass is 331 g/mol. The second kappa shape index (κ2) is 6.68. The highest BCUT2D eigenvalue weighted by Gasteiger charge is 2.24. The van der Waals surface area contributed by atoms with Crippen molar-refractivity contribution in [2.24, 2.45) is 14.1 Å². The minimum Gasteiger partial charge on any atom is -0.356 e. The minimum absolute atomic E-state index is 0.259. The molecule has 0 unspecified atom stereocenters. The maximum atomic E-state index is 12.1. The number of aromatic nitrogens is 3. The molecule has 1 saturated heterocycles. The Labute approximate surface area is 141 Å². The molecule has 1 aliphatic heterocycles. The zero-order valence-corrected chi connectivity index (χ0v) is 14.5. The first-order valence-electron chi connectivity index (χ1n) is 8.39. The van der Waals surface area contributed by atoms with Gasteiger partial charge < -0.3 is 14.8 Å². The highest BCUT2D eigenvalue weighted by atomic mass is 16.2. The Morgan fingerprint density at radius 2 is 2.04 bits per heavy atom. The number of nitrogens with one attached hydrogen (secondary N) is 1. The van der Waals surface area contributed by atoms with Gasteiger partial charge >= 0.3 is 5.69 Å². The van der Waals surface area contributed by atoms with Crippen LogP contribution in [0.1, 0.15) is 18.9 Å². The lowest BCUT2D eigenvalue weighted by atomic mass is 10.2. The summed E-state index contributed by atoms with van der Waals surface area (Å²) in [5, 5.41) is 3.57. The van der Waals surface area contributed by atoms with Gasteiger partial charge in [-0.25, -0.2) is 4.79 Å². The third-order valence-corrected chi connectivity index (χ3v) is 4.78. The summed E-state index contributed by atoms with van der Waals surface area (Å²) < 4.78 is 4.84. The molecule has 1 N–H and O–H groups in total. The molecule has 0 radical (unpaired) electrons. The molecule has 0 amide bonds. The molecule has 0 bridgehead atoms. The van der Waals surface area contributed by atoms with Gasteiger partial charge in [-0.1, -0.05) is 0 Å². The van der Waals surface area contributed by atoms with Gasteiger partial charge in [-0.05, 0) is 25.0 Å². The normalized spacial score (nSPS) is 17.6. The van der Waals surface area contributed by atoms with Crippen molar-refractivity contribution >= 4 is 5.82 Å². The molecule has 7 heteroatoms. The van der Waals surface area contributed by atoms with E-state index >= 15 is 0 Å². The van der Waals surface area contributed by atoms with E-state index in [1.807, 2.05) is 0 Å². The van der Waals surface area contributed by atoms with Crippen LogP contribution in [0.5, 0.6) is 0 Å². The molecule has 3 rings (SSSR count). The van der Waals surface area contributed by atoms with E-state index in [4.69, 9.17) is 0 Å². The van der Waals surface area contributed by atoms with Crippen molar-refractivity contribution in [1.82, 2.24) is 19.0 Å². The van der Waals surface area contributed by atoms with Crippen molar-refractivity contribution in [2.45, 2.75) is 32.5 Å². The highest BCUT2D eigenvalue weighted by molar-refractivity contribution is 5.40. The third kappa shape index (κ3) is 3.17. The van der Waals surface area contributed by atoms with E-state index in [9.17, 15) is 9.59 Å². The average Bonchev–Trinajstić information content (AvgIpc) is 3.23. The Hall–Kier alpha value is -2.28. The van der Waals surface area contributed by atoms with Crippen molar-refractivity contribution in [3.8, 4) is 0 Å². The van der Waals surface area contributed by atoms with Crippen LogP contribution in [-0.4, -0.2) is 32.8 Å².